The summed E-state index contributed by atoms with van der Waals surface area (Å²) in [6.07, 6.45) is 1.01. The zero-order chi connectivity index (χ0) is 15.9. The molecule has 4 nitrogen and oxygen atoms in total. The normalized spacial score (nSPS) is 13.6. The predicted molar refractivity (Wildman–Crippen MR) is 91.1 cm³/mol. The molecule has 0 radical (unpaired) electrons. The van der Waals surface area contributed by atoms with Crippen molar-refractivity contribution in [3.8, 4) is 10.6 Å². The van der Waals surface area contributed by atoms with E-state index in [9.17, 15) is 4.79 Å². The number of ether oxygens (including phenoxy) is 1. The lowest BCUT2D eigenvalue weighted by molar-refractivity contribution is -0.143. The van der Waals surface area contributed by atoms with Gasteiger partial charge in [0.15, 0.2) is 4.34 Å². The summed E-state index contributed by atoms with van der Waals surface area (Å²) < 4.78 is 6.10. The molecule has 0 saturated heterocycles. The zero-order valence-corrected chi connectivity index (χ0v) is 14.6. The number of carbonyl (C=O) groups is 1. The van der Waals surface area contributed by atoms with Crippen LogP contribution in [-0.2, 0) is 9.53 Å². The van der Waals surface area contributed by atoms with Crippen molar-refractivity contribution >= 4 is 29.1 Å². The highest BCUT2D eigenvalue weighted by Crippen LogP contribution is 2.31. The fraction of sp³-hybridized carbons (Fsp3) is 0.438. The van der Waals surface area contributed by atoms with Crippen LogP contribution in [0.2, 0.25) is 0 Å². The largest absolute Gasteiger partial charge is 0.465 e. The molecule has 0 aliphatic heterocycles. The number of esters is 1. The molecule has 1 aromatic carbocycles. The van der Waals surface area contributed by atoms with Gasteiger partial charge in [-0.3, -0.25) is 4.79 Å². The highest BCUT2D eigenvalue weighted by molar-refractivity contribution is 8.02. The zero-order valence-electron chi connectivity index (χ0n) is 13.0. The predicted octanol–water partition coefficient (Wildman–Crippen LogP) is 4.28. The van der Waals surface area contributed by atoms with Gasteiger partial charge in [-0.25, -0.2) is 0 Å². The minimum absolute atomic E-state index is 0.193. The van der Waals surface area contributed by atoms with Crippen molar-refractivity contribution in [3.63, 3.8) is 0 Å². The summed E-state index contributed by atoms with van der Waals surface area (Å²) in [5, 5.41) is 8.92. The first kappa shape index (κ1) is 17.0. The van der Waals surface area contributed by atoms with Crippen LogP contribution >= 0.6 is 23.1 Å². The second-order valence-electron chi connectivity index (χ2n) is 5.14. The molecule has 2 aromatic rings. The van der Waals surface area contributed by atoms with E-state index in [1.807, 2.05) is 37.3 Å². The average molecular weight is 336 g/mol. The summed E-state index contributed by atoms with van der Waals surface area (Å²) in [6.45, 7) is 6.48. The van der Waals surface area contributed by atoms with Crippen molar-refractivity contribution < 1.29 is 9.53 Å². The minimum Gasteiger partial charge on any atom is -0.465 e. The van der Waals surface area contributed by atoms with Gasteiger partial charge in [-0.05, 0) is 12.8 Å². The van der Waals surface area contributed by atoms with Crippen LogP contribution in [0.1, 0.15) is 27.2 Å². The first-order valence-electron chi connectivity index (χ1n) is 7.32. The third-order valence-electron chi connectivity index (χ3n) is 3.24. The van der Waals surface area contributed by atoms with Gasteiger partial charge in [-0.2, -0.15) is 0 Å². The average Bonchev–Trinajstić information content (AvgIpc) is 3.01. The van der Waals surface area contributed by atoms with Crippen molar-refractivity contribution in [3.05, 3.63) is 30.3 Å². The molecule has 1 aromatic heterocycles. The highest BCUT2D eigenvalue weighted by atomic mass is 32.2. The molecule has 2 rings (SSSR count). The quantitative estimate of drug-likeness (QED) is 0.558. The Bertz CT molecular complexity index is 601. The van der Waals surface area contributed by atoms with Crippen LogP contribution in [0.5, 0.6) is 0 Å². The Balaban J connectivity index is 1.91. The number of hydrogen-bond donors (Lipinski definition) is 0. The SMILES string of the molecule is CCC(C)COC(=O)C(C)Sc1nnc(-c2ccccc2)s1. The van der Waals surface area contributed by atoms with Crippen LogP contribution < -0.4 is 0 Å². The molecule has 0 N–H and O–H groups in total. The lowest BCUT2D eigenvalue weighted by Gasteiger charge is -2.12. The molecule has 0 saturated carbocycles. The third kappa shape index (κ3) is 4.81. The van der Waals surface area contributed by atoms with Crippen LogP contribution in [0.3, 0.4) is 0 Å². The molecule has 0 bridgehead atoms. The van der Waals surface area contributed by atoms with Crippen molar-refractivity contribution in [1.29, 1.82) is 0 Å². The summed E-state index contributed by atoms with van der Waals surface area (Å²) in [5.74, 6) is 0.203. The summed E-state index contributed by atoms with van der Waals surface area (Å²) in [4.78, 5) is 12.0. The second-order valence-corrected chi connectivity index (χ2v) is 7.71. The molecule has 6 heteroatoms. The number of carbonyl (C=O) groups excluding carboxylic acids is 1. The molecule has 0 spiro atoms. The molecule has 22 heavy (non-hydrogen) atoms. The van der Waals surface area contributed by atoms with E-state index in [1.165, 1.54) is 23.1 Å². The summed E-state index contributed by atoms with van der Waals surface area (Å²) in [7, 11) is 0. The first-order chi connectivity index (χ1) is 10.6. The maximum atomic E-state index is 12.0. The minimum atomic E-state index is -0.277. The van der Waals surface area contributed by atoms with Crippen molar-refractivity contribution in [2.45, 2.75) is 36.8 Å². The molecule has 0 aliphatic rings. The van der Waals surface area contributed by atoms with Gasteiger partial charge in [0.1, 0.15) is 10.3 Å². The summed E-state index contributed by atoms with van der Waals surface area (Å²) in [6, 6.07) is 9.91. The van der Waals surface area contributed by atoms with Crippen LogP contribution in [0.4, 0.5) is 0 Å². The van der Waals surface area contributed by atoms with E-state index in [4.69, 9.17) is 4.74 Å². The molecule has 0 aliphatic carbocycles. The fourth-order valence-corrected chi connectivity index (χ4v) is 3.61. The van der Waals surface area contributed by atoms with Gasteiger partial charge >= 0.3 is 5.97 Å². The summed E-state index contributed by atoms with van der Waals surface area (Å²) in [5.41, 5.74) is 1.04. The maximum absolute atomic E-state index is 12.0. The third-order valence-corrected chi connectivity index (χ3v) is 5.38. The lowest BCUT2D eigenvalue weighted by atomic mass is 10.1. The topological polar surface area (TPSA) is 52.1 Å². The van der Waals surface area contributed by atoms with E-state index in [0.717, 1.165) is 21.3 Å². The monoisotopic (exact) mass is 336 g/mol. The van der Waals surface area contributed by atoms with Gasteiger partial charge in [-0.1, -0.05) is 73.7 Å². The van der Waals surface area contributed by atoms with E-state index in [2.05, 4.69) is 24.0 Å². The standard InChI is InChI=1S/C16H20N2O2S2/c1-4-11(2)10-20-15(19)12(3)21-16-18-17-14(22-16)13-8-6-5-7-9-13/h5-9,11-12H,4,10H2,1-3H3. The highest BCUT2D eigenvalue weighted by Gasteiger charge is 2.19. The van der Waals surface area contributed by atoms with Gasteiger partial charge in [0.2, 0.25) is 0 Å². The molecule has 0 fully saturated rings. The Morgan fingerprint density at radius 2 is 2.00 bits per heavy atom. The number of benzene rings is 1. The van der Waals surface area contributed by atoms with Crippen molar-refractivity contribution in [1.82, 2.24) is 10.2 Å². The number of thioether (sulfide) groups is 1. The molecular weight excluding hydrogens is 316 g/mol. The Kier molecular flexibility index (Phi) is 6.39. The van der Waals surface area contributed by atoms with E-state index in [1.54, 1.807) is 0 Å². The molecule has 1 heterocycles. The molecule has 0 amide bonds. The number of aromatic nitrogens is 2. The van der Waals surface area contributed by atoms with Gasteiger partial charge in [0.25, 0.3) is 0 Å². The van der Waals surface area contributed by atoms with E-state index in [-0.39, 0.29) is 11.2 Å². The second kappa shape index (κ2) is 8.29. The van der Waals surface area contributed by atoms with Gasteiger partial charge in [0.05, 0.1) is 6.61 Å². The number of nitrogens with zero attached hydrogens (tertiary/aromatic N) is 2. The fourth-order valence-electron chi connectivity index (χ4n) is 1.61. The molecular formula is C16H20N2O2S2. The smallest absolute Gasteiger partial charge is 0.319 e. The Labute approximate surface area is 139 Å². The van der Waals surface area contributed by atoms with E-state index in [0.29, 0.717) is 12.5 Å². The lowest BCUT2D eigenvalue weighted by Crippen LogP contribution is -2.19. The Hall–Kier alpha value is -1.40. The van der Waals surface area contributed by atoms with Gasteiger partial charge in [-0.15, -0.1) is 10.2 Å². The van der Waals surface area contributed by atoms with Crippen LogP contribution in [0, 0.1) is 5.92 Å². The van der Waals surface area contributed by atoms with E-state index < -0.39 is 0 Å². The van der Waals surface area contributed by atoms with Crippen molar-refractivity contribution in [2.24, 2.45) is 5.92 Å². The summed E-state index contributed by atoms with van der Waals surface area (Å²) >= 11 is 2.89. The van der Waals surface area contributed by atoms with Gasteiger partial charge < -0.3 is 4.74 Å². The van der Waals surface area contributed by atoms with E-state index >= 15 is 0 Å². The van der Waals surface area contributed by atoms with Crippen molar-refractivity contribution in [2.75, 3.05) is 6.61 Å². The van der Waals surface area contributed by atoms with Crippen LogP contribution in [0.15, 0.2) is 34.7 Å². The maximum Gasteiger partial charge on any atom is 0.319 e. The Morgan fingerprint density at radius 3 is 2.68 bits per heavy atom. The molecule has 2 atom stereocenters. The first-order valence-corrected chi connectivity index (χ1v) is 9.02. The van der Waals surface area contributed by atoms with Gasteiger partial charge in [0, 0.05) is 5.56 Å². The number of hydrogen-bond acceptors (Lipinski definition) is 6. The Morgan fingerprint density at radius 1 is 1.27 bits per heavy atom. The number of rotatable bonds is 7. The molecule has 118 valence electrons. The van der Waals surface area contributed by atoms with Crippen LogP contribution in [-0.4, -0.2) is 28.0 Å². The molecule has 2 unspecified atom stereocenters. The van der Waals surface area contributed by atoms with Crippen LogP contribution in [0.25, 0.3) is 10.6 Å².